The maximum absolute atomic E-state index is 6.48. The Hall–Kier alpha value is -3.32. The molecular weight excluding hydrogens is 396 g/mol. The van der Waals surface area contributed by atoms with E-state index in [4.69, 9.17) is 20.2 Å². The van der Waals surface area contributed by atoms with Crippen LogP contribution < -0.4 is 15.2 Å². The van der Waals surface area contributed by atoms with Gasteiger partial charge in [-0.25, -0.2) is 4.98 Å². The number of rotatable bonds is 5. The highest BCUT2D eigenvalue weighted by Crippen LogP contribution is 2.49. The SMILES string of the molecule is Nc1nc(Sc2ccccc2)c(C2C=N2)c(-c2ccc3c(c2)OCCO3)c1C1C=N1. The van der Waals surface area contributed by atoms with Crippen molar-refractivity contribution < 1.29 is 9.47 Å². The summed E-state index contributed by atoms with van der Waals surface area (Å²) < 4.78 is 11.5. The number of benzene rings is 2. The fraction of sp³-hybridized carbons (Fsp3) is 0.174. The van der Waals surface area contributed by atoms with Crippen molar-refractivity contribution in [3.05, 3.63) is 59.7 Å². The van der Waals surface area contributed by atoms with Crippen molar-refractivity contribution in [1.82, 2.24) is 4.98 Å². The molecule has 3 aliphatic rings. The van der Waals surface area contributed by atoms with Crippen molar-refractivity contribution in [3.8, 4) is 22.6 Å². The van der Waals surface area contributed by atoms with E-state index in [0.717, 1.165) is 43.7 Å². The van der Waals surface area contributed by atoms with Crippen LogP contribution in [-0.2, 0) is 0 Å². The Bertz CT molecular complexity index is 1200. The van der Waals surface area contributed by atoms with Crippen LogP contribution >= 0.6 is 11.8 Å². The van der Waals surface area contributed by atoms with Gasteiger partial charge in [0, 0.05) is 28.5 Å². The molecule has 4 heterocycles. The number of aromatic nitrogens is 1. The highest BCUT2D eigenvalue weighted by Gasteiger charge is 2.34. The Morgan fingerprint density at radius 3 is 2.30 bits per heavy atom. The summed E-state index contributed by atoms with van der Waals surface area (Å²) in [7, 11) is 0. The number of anilines is 1. The Balaban J connectivity index is 1.55. The van der Waals surface area contributed by atoms with E-state index >= 15 is 0 Å². The van der Waals surface area contributed by atoms with Crippen LogP contribution in [-0.4, -0.2) is 30.6 Å². The number of hydrogen-bond acceptors (Lipinski definition) is 7. The number of aliphatic imine (C=N–C) groups is 2. The van der Waals surface area contributed by atoms with Crippen LogP contribution in [0.25, 0.3) is 11.1 Å². The lowest BCUT2D eigenvalue weighted by Crippen LogP contribution is -2.15. The Morgan fingerprint density at radius 1 is 0.867 bits per heavy atom. The van der Waals surface area contributed by atoms with Gasteiger partial charge in [-0.2, -0.15) is 0 Å². The fourth-order valence-electron chi connectivity index (χ4n) is 3.76. The van der Waals surface area contributed by atoms with Gasteiger partial charge in [0.15, 0.2) is 11.5 Å². The number of nitrogens with two attached hydrogens (primary N) is 1. The molecule has 3 aromatic rings. The summed E-state index contributed by atoms with van der Waals surface area (Å²) in [5.41, 5.74) is 10.5. The summed E-state index contributed by atoms with van der Waals surface area (Å²) in [4.78, 5) is 14.8. The standard InChI is InChI=1S/C23H18N4O2S/c24-22-20(15-11-25-15)19(13-6-7-17-18(10-13)29-9-8-28-17)21(16-12-26-16)23(27-22)30-14-4-2-1-3-5-14/h1-7,10-12,15-16H,8-9H2,(H2,24,27). The highest BCUT2D eigenvalue weighted by atomic mass is 32.2. The van der Waals surface area contributed by atoms with Crippen LogP contribution in [0.15, 0.2) is 68.4 Å². The average Bonchev–Trinajstić information content (AvgIpc) is 3.68. The molecule has 148 valence electrons. The first kappa shape index (κ1) is 17.5. The molecule has 0 saturated carbocycles. The van der Waals surface area contributed by atoms with Crippen LogP contribution in [0.1, 0.15) is 23.2 Å². The molecule has 7 heteroatoms. The van der Waals surface area contributed by atoms with Gasteiger partial charge in [-0.05, 0) is 35.4 Å². The molecule has 6 nitrogen and oxygen atoms in total. The maximum Gasteiger partial charge on any atom is 0.161 e. The van der Waals surface area contributed by atoms with Gasteiger partial charge >= 0.3 is 0 Å². The molecule has 0 radical (unpaired) electrons. The fourth-order valence-corrected chi connectivity index (χ4v) is 4.75. The second-order valence-electron chi connectivity index (χ2n) is 7.26. The topological polar surface area (TPSA) is 82.1 Å². The minimum atomic E-state index is -0.0334. The first-order valence-electron chi connectivity index (χ1n) is 9.81. The molecule has 2 unspecified atom stereocenters. The van der Waals surface area contributed by atoms with Gasteiger partial charge in [0.25, 0.3) is 0 Å². The van der Waals surface area contributed by atoms with Crippen molar-refractivity contribution in [1.29, 1.82) is 0 Å². The van der Waals surface area contributed by atoms with Crippen LogP contribution in [0.4, 0.5) is 5.82 Å². The van der Waals surface area contributed by atoms with E-state index in [1.54, 1.807) is 11.8 Å². The van der Waals surface area contributed by atoms with Crippen molar-refractivity contribution in [2.75, 3.05) is 18.9 Å². The number of pyridine rings is 1. The molecule has 6 rings (SSSR count). The summed E-state index contributed by atoms with van der Waals surface area (Å²) in [5.74, 6) is 2.02. The predicted molar refractivity (Wildman–Crippen MR) is 118 cm³/mol. The predicted octanol–water partition coefficient (Wildman–Crippen LogP) is 4.50. The van der Waals surface area contributed by atoms with Crippen molar-refractivity contribution >= 4 is 30.0 Å². The molecule has 1 aromatic heterocycles. The number of nitrogens with zero attached hydrogens (tertiary/aromatic N) is 3. The summed E-state index contributed by atoms with van der Waals surface area (Å²) >= 11 is 1.61. The van der Waals surface area contributed by atoms with Gasteiger partial charge in [0.1, 0.15) is 36.1 Å². The lowest BCUT2D eigenvalue weighted by Gasteiger charge is -2.22. The van der Waals surface area contributed by atoms with Crippen LogP contribution in [0.3, 0.4) is 0 Å². The quantitative estimate of drug-likeness (QED) is 0.665. The average molecular weight is 414 g/mol. The number of ether oxygens (including phenoxy) is 2. The van der Waals surface area contributed by atoms with E-state index in [-0.39, 0.29) is 12.1 Å². The van der Waals surface area contributed by atoms with Gasteiger partial charge in [-0.3, -0.25) is 9.98 Å². The second kappa shape index (κ2) is 6.88. The molecule has 2 N–H and O–H groups in total. The lowest BCUT2D eigenvalue weighted by atomic mass is 9.91. The van der Waals surface area contributed by atoms with Crippen LogP contribution in [0, 0.1) is 0 Å². The molecule has 0 spiro atoms. The van der Waals surface area contributed by atoms with Gasteiger partial charge in [0.05, 0.1) is 0 Å². The molecule has 2 atom stereocenters. The Labute approximate surface area is 177 Å². The Kier molecular flexibility index (Phi) is 4.02. The van der Waals surface area contributed by atoms with Gasteiger partial charge < -0.3 is 15.2 Å². The van der Waals surface area contributed by atoms with E-state index < -0.39 is 0 Å². The lowest BCUT2D eigenvalue weighted by molar-refractivity contribution is 0.171. The van der Waals surface area contributed by atoms with Crippen molar-refractivity contribution in [3.63, 3.8) is 0 Å². The first-order valence-corrected chi connectivity index (χ1v) is 10.6. The van der Waals surface area contributed by atoms with Crippen LogP contribution in [0.5, 0.6) is 11.5 Å². The molecule has 3 aliphatic heterocycles. The second-order valence-corrected chi connectivity index (χ2v) is 8.33. The van der Waals surface area contributed by atoms with Gasteiger partial charge in [0.2, 0.25) is 0 Å². The highest BCUT2D eigenvalue weighted by molar-refractivity contribution is 7.99. The zero-order valence-electron chi connectivity index (χ0n) is 16.0. The van der Waals surface area contributed by atoms with Crippen molar-refractivity contribution in [2.24, 2.45) is 9.98 Å². The zero-order valence-corrected chi connectivity index (χ0v) is 16.8. The summed E-state index contributed by atoms with van der Waals surface area (Å²) in [6, 6.07) is 16.2. The summed E-state index contributed by atoms with van der Waals surface area (Å²) in [6.07, 6.45) is 3.84. The Morgan fingerprint density at radius 2 is 1.57 bits per heavy atom. The van der Waals surface area contributed by atoms with E-state index in [2.05, 4.69) is 28.2 Å². The van der Waals surface area contributed by atoms with Crippen LogP contribution in [0.2, 0.25) is 0 Å². The molecule has 0 fully saturated rings. The molecule has 0 saturated heterocycles. The molecule has 0 aliphatic carbocycles. The third-order valence-electron chi connectivity index (χ3n) is 5.24. The monoisotopic (exact) mass is 414 g/mol. The molecule has 2 aromatic carbocycles. The summed E-state index contributed by atoms with van der Waals surface area (Å²) in [6.45, 7) is 1.11. The third-order valence-corrected chi connectivity index (χ3v) is 6.26. The number of fused-ring (bicyclic) bond motifs is 1. The smallest absolute Gasteiger partial charge is 0.161 e. The minimum absolute atomic E-state index is 0.00464. The van der Waals surface area contributed by atoms with Gasteiger partial charge in [-0.1, -0.05) is 36.0 Å². The molecule has 0 amide bonds. The van der Waals surface area contributed by atoms with E-state index in [1.165, 1.54) is 0 Å². The van der Waals surface area contributed by atoms with Crippen molar-refractivity contribution in [2.45, 2.75) is 22.0 Å². The summed E-state index contributed by atoms with van der Waals surface area (Å²) in [5, 5.41) is 0.871. The normalized spacial score (nSPS) is 20.3. The van der Waals surface area contributed by atoms with E-state index in [0.29, 0.717) is 19.0 Å². The first-order chi connectivity index (χ1) is 14.8. The maximum atomic E-state index is 6.48. The molecule has 30 heavy (non-hydrogen) atoms. The third kappa shape index (κ3) is 3.11. The number of hydrogen-bond donors (Lipinski definition) is 1. The zero-order chi connectivity index (χ0) is 20.1. The molecule has 0 bridgehead atoms. The largest absolute Gasteiger partial charge is 0.486 e. The van der Waals surface area contributed by atoms with Gasteiger partial charge in [-0.15, -0.1) is 0 Å². The van der Waals surface area contributed by atoms with E-state index in [1.807, 2.05) is 42.8 Å². The molecular formula is C23H18N4O2S. The van der Waals surface area contributed by atoms with E-state index in [9.17, 15) is 0 Å². The minimum Gasteiger partial charge on any atom is -0.486 e. The number of nitrogen functional groups attached to an aromatic ring is 1.